The smallest absolute Gasteiger partial charge is 0.328 e. The molecule has 1 aliphatic rings. The maximum Gasteiger partial charge on any atom is 0.328 e. The molecule has 1 rings (SSSR count). The highest BCUT2D eigenvalue weighted by atomic mass is 16.4. The van der Waals surface area contributed by atoms with Crippen molar-refractivity contribution in [2.24, 2.45) is 5.41 Å². The molecule has 2 heteroatoms. The molecule has 1 aliphatic carbocycles. The molecule has 0 saturated heterocycles. The van der Waals surface area contributed by atoms with Crippen LogP contribution in [0.3, 0.4) is 0 Å². The highest BCUT2D eigenvalue weighted by molar-refractivity contribution is 5.81. The largest absolute Gasteiger partial charge is 0.478 e. The first-order valence-corrected chi connectivity index (χ1v) is 7.87. The van der Waals surface area contributed by atoms with Crippen molar-refractivity contribution in [1.82, 2.24) is 0 Å². The third-order valence-corrected chi connectivity index (χ3v) is 4.12. The number of carbonyl (C=O) groups is 1. The molecular weight excluding hydrogens is 272 g/mol. The minimum absolute atomic E-state index is 0.261. The molecule has 1 N–H and O–H groups in total. The van der Waals surface area contributed by atoms with Crippen molar-refractivity contribution in [1.29, 1.82) is 0 Å². The standard InChI is InChI=1S/C20H28O2/c1-15(11-12-16(2)14-19(21)22)8-6-10-18-17(3)9-7-13-20(18,4)5/h6,8,10-12,14H,7,9,13H2,1-5H3,(H,21,22)/b10-6+,12-11+,15-8+,16-14+. The molecule has 0 heterocycles. The first-order valence-electron chi connectivity index (χ1n) is 7.87. The average molecular weight is 300 g/mol. The zero-order valence-electron chi connectivity index (χ0n) is 14.4. The average Bonchev–Trinajstić information content (AvgIpc) is 2.38. The third kappa shape index (κ3) is 5.88. The lowest BCUT2D eigenvalue weighted by molar-refractivity contribution is -0.131. The van der Waals surface area contributed by atoms with Crippen LogP contribution in [-0.2, 0) is 4.79 Å². The maximum absolute atomic E-state index is 10.6. The van der Waals surface area contributed by atoms with Crippen molar-refractivity contribution in [3.63, 3.8) is 0 Å². The summed E-state index contributed by atoms with van der Waals surface area (Å²) in [5.74, 6) is -0.911. The molecule has 0 aromatic rings. The van der Waals surface area contributed by atoms with Crippen molar-refractivity contribution in [3.05, 3.63) is 58.7 Å². The molecule has 0 atom stereocenters. The molecule has 22 heavy (non-hydrogen) atoms. The van der Waals surface area contributed by atoms with Crippen molar-refractivity contribution < 1.29 is 9.90 Å². The Morgan fingerprint density at radius 3 is 2.41 bits per heavy atom. The van der Waals surface area contributed by atoms with E-state index in [1.165, 1.54) is 36.5 Å². The number of carboxylic acids is 1. The van der Waals surface area contributed by atoms with Gasteiger partial charge in [0.1, 0.15) is 0 Å². The quantitative estimate of drug-likeness (QED) is 0.530. The summed E-state index contributed by atoms with van der Waals surface area (Å²) in [5.41, 5.74) is 5.04. The van der Waals surface area contributed by atoms with Crippen LogP contribution >= 0.6 is 0 Å². The number of allylic oxidation sites excluding steroid dienone is 9. The van der Waals surface area contributed by atoms with E-state index in [-0.39, 0.29) is 5.41 Å². The lowest BCUT2D eigenvalue weighted by Gasteiger charge is -2.32. The Kier molecular flexibility index (Phi) is 6.61. The van der Waals surface area contributed by atoms with Crippen LogP contribution in [0.4, 0.5) is 0 Å². The molecule has 0 aliphatic heterocycles. The predicted octanol–water partition coefficient (Wildman–Crippen LogP) is 5.60. The molecule has 0 bridgehead atoms. The summed E-state index contributed by atoms with van der Waals surface area (Å²) in [6.07, 6.45) is 15.1. The number of hydrogen-bond acceptors (Lipinski definition) is 1. The molecule has 120 valence electrons. The van der Waals surface area contributed by atoms with Crippen LogP contribution in [0.5, 0.6) is 0 Å². The van der Waals surface area contributed by atoms with Gasteiger partial charge in [-0.2, -0.15) is 0 Å². The van der Waals surface area contributed by atoms with Gasteiger partial charge in [0, 0.05) is 6.08 Å². The van der Waals surface area contributed by atoms with Gasteiger partial charge in [-0.3, -0.25) is 0 Å². The van der Waals surface area contributed by atoms with Crippen LogP contribution in [0.25, 0.3) is 0 Å². The summed E-state index contributed by atoms with van der Waals surface area (Å²) in [6.45, 7) is 10.7. The van der Waals surface area contributed by atoms with E-state index >= 15 is 0 Å². The monoisotopic (exact) mass is 300 g/mol. The van der Waals surface area contributed by atoms with Gasteiger partial charge in [-0.1, -0.05) is 55.4 Å². The van der Waals surface area contributed by atoms with E-state index in [1.807, 2.05) is 19.1 Å². The van der Waals surface area contributed by atoms with E-state index in [0.29, 0.717) is 0 Å². The fourth-order valence-electron chi connectivity index (χ4n) is 2.87. The zero-order valence-corrected chi connectivity index (χ0v) is 14.4. The Bertz CT molecular complexity index is 567. The molecule has 0 fully saturated rings. The Labute approximate surface area is 134 Å². The topological polar surface area (TPSA) is 37.3 Å². The number of aliphatic carboxylic acids is 1. The summed E-state index contributed by atoms with van der Waals surface area (Å²) >= 11 is 0. The van der Waals surface area contributed by atoms with Crippen molar-refractivity contribution >= 4 is 5.97 Å². The molecule has 0 aromatic heterocycles. The Hall–Kier alpha value is -1.83. The summed E-state index contributed by atoms with van der Waals surface area (Å²) in [5, 5.41) is 8.67. The molecule has 0 unspecified atom stereocenters. The highest BCUT2D eigenvalue weighted by Gasteiger charge is 2.26. The van der Waals surface area contributed by atoms with Crippen LogP contribution < -0.4 is 0 Å². The number of carboxylic acid groups (broad SMARTS) is 1. The van der Waals surface area contributed by atoms with E-state index in [9.17, 15) is 4.79 Å². The first-order chi connectivity index (χ1) is 10.2. The summed E-state index contributed by atoms with van der Waals surface area (Å²) in [4.78, 5) is 10.6. The highest BCUT2D eigenvalue weighted by Crippen LogP contribution is 2.40. The fourth-order valence-corrected chi connectivity index (χ4v) is 2.87. The van der Waals surface area contributed by atoms with Gasteiger partial charge in [0.2, 0.25) is 0 Å². The van der Waals surface area contributed by atoms with Crippen LogP contribution in [0, 0.1) is 5.41 Å². The number of hydrogen-bond donors (Lipinski definition) is 1. The van der Waals surface area contributed by atoms with Gasteiger partial charge in [-0.15, -0.1) is 0 Å². The minimum Gasteiger partial charge on any atom is -0.478 e. The van der Waals surface area contributed by atoms with Crippen LogP contribution in [0.1, 0.15) is 53.9 Å². The van der Waals surface area contributed by atoms with Crippen LogP contribution in [-0.4, -0.2) is 11.1 Å². The van der Waals surface area contributed by atoms with E-state index < -0.39 is 5.97 Å². The Morgan fingerprint density at radius 1 is 1.18 bits per heavy atom. The molecular formula is C20H28O2. The molecule has 0 saturated carbocycles. The van der Waals surface area contributed by atoms with Gasteiger partial charge in [-0.25, -0.2) is 4.79 Å². The van der Waals surface area contributed by atoms with E-state index in [4.69, 9.17) is 5.11 Å². The molecule has 0 spiro atoms. The minimum atomic E-state index is -0.911. The predicted molar refractivity (Wildman–Crippen MR) is 93.8 cm³/mol. The van der Waals surface area contributed by atoms with Crippen LogP contribution in [0.2, 0.25) is 0 Å². The molecule has 2 nitrogen and oxygen atoms in total. The van der Waals surface area contributed by atoms with Gasteiger partial charge < -0.3 is 5.11 Å². The summed E-state index contributed by atoms with van der Waals surface area (Å²) < 4.78 is 0. The molecule has 0 amide bonds. The van der Waals surface area contributed by atoms with E-state index in [2.05, 4.69) is 39.0 Å². The zero-order chi connectivity index (χ0) is 16.8. The van der Waals surface area contributed by atoms with Gasteiger partial charge in [0.05, 0.1) is 0 Å². The third-order valence-electron chi connectivity index (χ3n) is 4.12. The second-order valence-electron chi connectivity index (χ2n) is 6.76. The van der Waals surface area contributed by atoms with Crippen molar-refractivity contribution in [3.8, 4) is 0 Å². The maximum atomic E-state index is 10.6. The van der Waals surface area contributed by atoms with Gasteiger partial charge in [-0.05, 0) is 56.6 Å². The fraction of sp³-hybridized carbons (Fsp3) is 0.450. The SMILES string of the molecule is CC1=C(/C=C/C=C(C)/C=C/C(C)=C/C(=O)O)C(C)(C)CCC1. The summed E-state index contributed by atoms with van der Waals surface area (Å²) in [6, 6.07) is 0. The summed E-state index contributed by atoms with van der Waals surface area (Å²) in [7, 11) is 0. The lowest BCUT2D eigenvalue weighted by Crippen LogP contribution is -2.18. The van der Waals surface area contributed by atoms with Crippen molar-refractivity contribution in [2.75, 3.05) is 0 Å². The number of rotatable bonds is 5. The van der Waals surface area contributed by atoms with Crippen molar-refractivity contribution in [2.45, 2.75) is 53.9 Å². The lowest BCUT2D eigenvalue weighted by atomic mass is 9.72. The second kappa shape index (κ2) is 7.98. The van der Waals surface area contributed by atoms with E-state index in [1.54, 1.807) is 6.92 Å². The van der Waals surface area contributed by atoms with E-state index in [0.717, 1.165) is 11.1 Å². The van der Waals surface area contributed by atoms with Gasteiger partial charge in [0.25, 0.3) is 0 Å². The first kappa shape index (κ1) is 18.2. The van der Waals surface area contributed by atoms with Gasteiger partial charge >= 0.3 is 5.97 Å². The molecule has 0 aromatic carbocycles. The Morgan fingerprint density at radius 2 is 1.82 bits per heavy atom. The second-order valence-corrected chi connectivity index (χ2v) is 6.76. The van der Waals surface area contributed by atoms with Crippen LogP contribution in [0.15, 0.2) is 58.7 Å². The normalized spacial score (nSPS) is 20.2. The molecule has 0 radical (unpaired) electrons. The van der Waals surface area contributed by atoms with Gasteiger partial charge in [0.15, 0.2) is 0 Å². The Balaban J connectivity index is 2.78.